The third-order valence-electron chi connectivity index (χ3n) is 4.80. The van der Waals surface area contributed by atoms with E-state index in [1.807, 2.05) is 0 Å². The number of carbonyl (C=O) groups excluding carboxylic acids is 2. The Morgan fingerprint density at radius 3 is 2.59 bits per heavy atom. The fourth-order valence-electron chi connectivity index (χ4n) is 3.25. The van der Waals surface area contributed by atoms with Gasteiger partial charge >= 0.3 is 5.97 Å². The molecule has 1 amide bonds. The molecule has 9 nitrogen and oxygen atoms in total. The molecule has 2 heterocycles. The van der Waals surface area contributed by atoms with E-state index >= 15 is 0 Å². The molecule has 1 aliphatic rings. The van der Waals surface area contributed by atoms with Gasteiger partial charge in [-0.3, -0.25) is 9.59 Å². The molecule has 0 radical (unpaired) electrons. The van der Waals surface area contributed by atoms with Crippen molar-refractivity contribution in [2.75, 3.05) is 19.2 Å². The summed E-state index contributed by atoms with van der Waals surface area (Å²) in [4.78, 5) is 29.6. The predicted octanol–water partition coefficient (Wildman–Crippen LogP) is 2.53. The van der Waals surface area contributed by atoms with Crippen LogP contribution in [0.1, 0.15) is 24.2 Å². The zero-order valence-corrected chi connectivity index (χ0v) is 19.0. The van der Waals surface area contributed by atoms with Crippen LogP contribution in [0.4, 0.5) is 0 Å². The molecule has 0 unspecified atom stereocenters. The first kappa shape index (κ1) is 22.0. The average Bonchev–Trinajstić information content (AvgIpc) is 3.36. The Balaban J connectivity index is 1.87. The molecule has 0 atom stereocenters. The van der Waals surface area contributed by atoms with Gasteiger partial charge < -0.3 is 18.8 Å². The van der Waals surface area contributed by atoms with Gasteiger partial charge in [0, 0.05) is 12.1 Å². The quantitative estimate of drug-likeness (QED) is 0.502. The van der Waals surface area contributed by atoms with Crippen LogP contribution in [-0.2, 0) is 25.9 Å². The van der Waals surface area contributed by atoms with E-state index in [1.54, 1.807) is 35.8 Å². The third-order valence-corrected chi connectivity index (χ3v) is 7.63. The standard InChI is InChI=1S/C21H20N2O7S2/c1-3-28-19(24)11-23-14-9-15-16(30-12-29-15)10-17(14)31-21(23)22-20(25)13-7-5-6-8-18(13)32(26,27)4-2/h5-10H,3-4,11-12H2,1-2H3. The van der Waals surface area contributed by atoms with Crippen LogP contribution in [0.2, 0.25) is 0 Å². The second kappa shape index (κ2) is 8.75. The normalized spacial score (nSPS) is 13.5. The van der Waals surface area contributed by atoms with E-state index in [0.29, 0.717) is 17.0 Å². The SMILES string of the molecule is CCOC(=O)Cn1c(=NC(=O)c2ccccc2S(=O)(=O)CC)sc2cc3c(cc21)OCO3. The number of ether oxygens (including phenoxy) is 3. The molecular formula is C21H20N2O7S2. The second-order valence-electron chi connectivity index (χ2n) is 6.77. The van der Waals surface area contributed by atoms with Crippen molar-refractivity contribution in [3.05, 3.63) is 46.8 Å². The average molecular weight is 477 g/mol. The number of fused-ring (bicyclic) bond motifs is 2. The molecule has 0 saturated heterocycles. The van der Waals surface area contributed by atoms with Crippen molar-refractivity contribution < 1.29 is 32.2 Å². The lowest BCUT2D eigenvalue weighted by Gasteiger charge is -2.07. The summed E-state index contributed by atoms with van der Waals surface area (Å²) < 4.78 is 43.0. The van der Waals surface area contributed by atoms with Crippen LogP contribution < -0.4 is 14.3 Å². The third kappa shape index (κ3) is 4.13. The van der Waals surface area contributed by atoms with Crippen LogP contribution in [0.3, 0.4) is 0 Å². The fourth-order valence-corrected chi connectivity index (χ4v) is 5.38. The minimum atomic E-state index is -3.63. The molecule has 32 heavy (non-hydrogen) atoms. The van der Waals surface area contributed by atoms with Crippen molar-refractivity contribution in [1.82, 2.24) is 4.57 Å². The van der Waals surface area contributed by atoms with Crippen molar-refractivity contribution in [2.24, 2.45) is 4.99 Å². The van der Waals surface area contributed by atoms with Crippen LogP contribution in [-0.4, -0.2) is 44.0 Å². The van der Waals surface area contributed by atoms with Gasteiger partial charge in [0.25, 0.3) is 5.91 Å². The number of amides is 1. The number of rotatable bonds is 6. The predicted molar refractivity (Wildman–Crippen MR) is 117 cm³/mol. The molecule has 3 aromatic rings. The lowest BCUT2D eigenvalue weighted by atomic mass is 10.2. The van der Waals surface area contributed by atoms with E-state index in [9.17, 15) is 18.0 Å². The van der Waals surface area contributed by atoms with Crippen LogP contribution >= 0.6 is 11.3 Å². The van der Waals surface area contributed by atoms with Crippen LogP contribution in [0.5, 0.6) is 11.5 Å². The summed E-state index contributed by atoms with van der Waals surface area (Å²) in [7, 11) is -3.63. The van der Waals surface area contributed by atoms with E-state index in [4.69, 9.17) is 14.2 Å². The summed E-state index contributed by atoms with van der Waals surface area (Å²) in [5.74, 6) is -0.284. The van der Waals surface area contributed by atoms with Crippen molar-refractivity contribution in [1.29, 1.82) is 0 Å². The Labute approximate surface area is 187 Å². The van der Waals surface area contributed by atoms with Gasteiger partial charge in [-0.2, -0.15) is 4.99 Å². The lowest BCUT2D eigenvalue weighted by Crippen LogP contribution is -2.23. The van der Waals surface area contributed by atoms with E-state index in [2.05, 4.69) is 4.99 Å². The molecule has 11 heteroatoms. The lowest BCUT2D eigenvalue weighted by molar-refractivity contribution is -0.143. The molecular weight excluding hydrogens is 456 g/mol. The van der Waals surface area contributed by atoms with Gasteiger partial charge in [-0.15, -0.1) is 0 Å². The highest BCUT2D eigenvalue weighted by Gasteiger charge is 2.22. The Morgan fingerprint density at radius 2 is 1.88 bits per heavy atom. The molecule has 168 valence electrons. The molecule has 0 bridgehead atoms. The Morgan fingerprint density at radius 1 is 1.16 bits per heavy atom. The largest absolute Gasteiger partial charge is 0.465 e. The first-order chi connectivity index (χ1) is 15.3. The molecule has 2 aromatic carbocycles. The van der Waals surface area contributed by atoms with Gasteiger partial charge in [-0.1, -0.05) is 30.4 Å². The number of hydrogen-bond acceptors (Lipinski definition) is 8. The van der Waals surface area contributed by atoms with Crippen LogP contribution in [0, 0.1) is 0 Å². The monoisotopic (exact) mass is 476 g/mol. The smallest absolute Gasteiger partial charge is 0.326 e. The Kier molecular flexibility index (Phi) is 6.02. The second-order valence-corrected chi connectivity index (χ2v) is 10.0. The number of aromatic nitrogens is 1. The fraction of sp³-hybridized carbons (Fsp3) is 0.286. The molecule has 0 N–H and O–H groups in total. The van der Waals surface area contributed by atoms with Gasteiger partial charge in [0.15, 0.2) is 26.1 Å². The summed E-state index contributed by atoms with van der Waals surface area (Å²) in [6.45, 7) is 3.35. The summed E-state index contributed by atoms with van der Waals surface area (Å²) in [5, 5.41) is 0. The zero-order valence-electron chi connectivity index (χ0n) is 17.4. The highest BCUT2D eigenvalue weighted by Crippen LogP contribution is 2.37. The van der Waals surface area contributed by atoms with Crippen LogP contribution in [0.25, 0.3) is 10.2 Å². The van der Waals surface area contributed by atoms with Gasteiger partial charge in [0.1, 0.15) is 6.54 Å². The summed E-state index contributed by atoms with van der Waals surface area (Å²) in [5.41, 5.74) is 0.594. The van der Waals surface area contributed by atoms with Gasteiger partial charge in [-0.05, 0) is 19.1 Å². The number of hydrogen-bond donors (Lipinski definition) is 0. The number of esters is 1. The van der Waals surface area contributed by atoms with Gasteiger partial charge in [0.05, 0.1) is 33.0 Å². The Bertz CT molecular complexity index is 1390. The first-order valence-electron chi connectivity index (χ1n) is 9.83. The summed E-state index contributed by atoms with van der Waals surface area (Å²) >= 11 is 1.17. The molecule has 4 rings (SSSR count). The van der Waals surface area contributed by atoms with Crippen LogP contribution in [0.15, 0.2) is 46.3 Å². The van der Waals surface area contributed by atoms with E-state index in [-0.39, 0.29) is 41.0 Å². The number of carbonyl (C=O) groups is 2. The van der Waals surface area contributed by atoms with Crippen molar-refractivity contribution in [2.45, 2.75) is 25.3 Å². The Hall–Kier alpha value is -3.18. The van der Waals surface area contributed by atoms with Gasteiger partial charge in [-0.25, -0.2) is 8.42 Å². The molecule has 0 aliphatic carbocycles. The maximum atomic E-state index is 13.0. The van der Waals surface area contributed by atoms with Crippen molar-refractivity contribution in [3.63, 3.8) is 0 Å². The maximum Gasteiger partial charge on any atom is 0.326 e. The van der Waals surface area contributed by atoms with E-state index in [1.165, 1.54) is 30.4 Å². The van der Waals surface area contributed by atoms with E-state index < -0.39 is 21.7 Å². The highest BCUT2D eigenvalue weighted by molar-refractivity contribution is 7.91. The zero-order chi connectivity index (χ0) is 22.9. The van der Waals surface area contributed by atoms with E-state index in [0.717, 1.165) is 4.70 Å². The number of nitrogens with zero attached hydrogens (tertiary/aromatic N) is 2. The van der Waals surface area contributed by atoms with Crippen molar-refractivity contribution >= 4 is 43.3 Å². The maximum absolute atomic E-state index is 13.0. The van der Waals surface area contributed by atoms with Gasteiger partial charge in [0.2, 0.25) is 6.79 Å². The molecule has 0 spiro atoms. The number of sulfone groups is 1. The van der Waals surface area contributed by atoms with Crippen molar-refractivity contribution in [3.8, 4) is 11.5 Å². The minimum absolute atomic E-state index is 0.0244. The molecule has 1 aliphatic heterocycles. The number of benzene rings is 2. The first-order valence-corrected chi connectivity index (χ1v) is 12.3. The molecule has 0 saturated carbocycles. The topological polar surface area (TPSA) is 113 Å². The number of thiazole rings is 1. The summed E-state index contributed by atoms with van der Waals surface area (Å²) in [6.07, 6.45) is 0. The molecule has 0 fully saturated rings. The summed E-state index contributed by atoms with van der Waals surface area (Å²) in [6, 6.07) is 9.41. The molecule has 1 aromatic heterocycles. The minimum Gasteiger partial charge on any atom is -0.465 e. The highest BCUT2D eigenvalue weighted by atomic mass is 32.2.